The minimum absolute atomic E-state index is 0.00753. The molecular weight excluding hydrogens is 284 g/mol. The molecule has 0 aromatic rings. The molecule has 6 nitrogen and oxygen atoms in total. The number of carbonyl (C=O) groups is 3. The second-order valence-electron chi connectivity index (χ2n) is 5.43. The average molecular weight is 312 g/mol. The SMILES string of the molecule is C=C(C)C(=O)O.NCCCCCCCCN1C(=O)CCC1=O. The minimum Gasteiger partial charge on any atom is -0.478 e. The summed E-state index contributed by atoms with van der Waals surface area (Å²) in [5.41, 5.74) is 5.58. The summed E-state index contributed by atoms with van der Waals surface area (Å²) in [7, 11) is 0. The smallest absolute Gasteiger partial charge is 0.330 e. The van der Waals surface area contributed by atoms with E-state index in [1.54, 1.807) is 0 Å². The minimum atomic E-state index is -0.935. The van der Waals surface area contributed by atoms with Crippen LogP contribution < -0.4 is 5.73 Å². The Labute approximate surface area is 132 Å². The second kappa shape index (κ2) is 11.9. The van der Waals surface area contributed by atoms with Crippen molar-refractivity contribution < 1.29 is 19.5 Å². The summed E-state index contributed by atoms with van der Waals surface area (Å²) < 4.78 is 0. The Balaban J connectivity index is 0.000000626. The van der Waals surface area contributed by atoms with Gasteiger partial charge in [-0.3, -0.25) is 14.5 Å². The molecular formula is C16H28N2O4. The molecule has 0 atom stereocenters. The van der Waals surface area contributed by atoms with Gasteiger partial charge in [-0.05, 0) is 26.3 Å². The van der Waals surface area contributed by atoms with Crippen molar-refractivity contribution in [1.82, 2.24) is 4.90 Å². The maximum absolute atomic E-state index is 11.3. The summed E-state index contributed by atoms with van der Waals surface area (Å²) in [6.45, 7) is 6.00. The van der Waals surface area contributed by atoms with Gasteiger partial charge in [0.05, 0.1) is 0 Å². The van der Waals surface area contributed by atoms with Gasteiger partial charge in [0.2, 0.25) is 11.8 Å². The van der Waals surface area contributed by atoms with Crippen LogP contribution in [0.15, 0.2) is 12.2 Å². The van der Waals surface area contributed by atoms with Gasteiger partial charge in [0.1, 0.15) is 0 Å². The fourth-order valence-electron chi connectivity index (χ4n) is 1.99. The summed E-state index contributed by atoms with van der Waals surface area (Å²) in [4.78, 5) is 33.6. The third-order valence-electron chi connectivity index (χ3n) is 3.36. The second-order valence-corrected chi connectivity index (χ2v) is 5.43. The predicted molar refractivity (Wildman–Crippen MR) is 85.2 cm³/mol. The Hall–Kier alpha value is -1.69. The van der Waals surface area contributed by atoms with Gasteiger partial charge >= 0.3 is 5.97 Å². The number of rotatable bonds is 9. The molecule has 22 heavy (non-hydrogen) atoms. The van der Waals surface area contributed by atoms with Gasteiger partial charge in [0.25, 0.3) is 0 Å². The summed E-state index contributed by atoms with van der Waals surface area (Å²) in [6.07, 6.45) is 7.54. The molecule has 0 aliphatic carbocycles. The van der Waals surface area contributed by atoms with E-state index in [-0.39, 0.29) is 17.4 Å². The largest absolute Gasteiger partial charge is 0.478 e. The number of hydrogen-bond donors (Lipinski definition) is 2. The van der Waals surface area contributed by atoms with Gasteiger partial charge in [-0.25, -0.2) is 4.79 Å². The Morgan fingerprint density at radius 2 is 1.50 bits per heavy atom. The number of aliphatic carboxylic acids is 1. The van der Waals surface area contributed by atoms with Crippen molar-refractivity contribution in [2.75, 3.05) is 13.1 Å². The number of amides is 2. The molecule has 2 amide bonds. The number of nitrogens with zero attached hydrogens (tertiary/aromatic N) is 1. The zero-order valence-corrected chi connectivity index (χ0v) is 13.5. The zero-order valence-electron chi connectivity index (χ0n) is 13.5. The highest BCUT2D eigenvalue weighted by Crippen LogP contribution is 2.13. The molecule has 0 saturated carbocycles. The molecule has 0 radical (unpaired) electrons. The first-order valence-electron chi connectivity index (χ1n) is 7.82. The van der Waals surface area contributed by atoms with Crippen LogP contribution in [0, 0.1) is 0 Å². The van der Waals surface area contributed by atoms with Crippen LogP contribution in [0.2, 0.25) is 0 Å². The monoisotopic (exact) mass is 312 g/mol. The van der Waals surface area contributed by atoms with Crippen molar-refractivity contribution in [2.24, 2.45) is 5.73 Å². The van der Waals surface area contributed by atoms with Crippen LogP contribution >= 0.6 is 0 Å². The van der Waals surface area contributed by atoms with Crippen molar-refractivity contribution in [3.05, 3.63) is 12.2 Å². The first kappa shape index (κ1) is 20.3. The molecule has 1 heterocycles. The molecule has 1 rings (SSSR count). The van der Waals surface area contributed by atoms with Crippen molar-refractivity contribution in [2.45, 2.75) is 58.3 Å². The number of likely N-dealkylation sites (tertiary alicyclic amines) is 1. The van der Waals surface area contributed by atoms with E-state index >= 15 is 0 Å². The first-order valence-corrected chi connectivity index (χ1v) is 7.82. The van der Waals surface area contributed by atoms with Gasteiger partial charge in [-0.1, -0.05) is 32.3 Å². The lowest BCUT2D eigenvalue weighted by atomic mass is 10.1. The topological polar surface area (TPSA) is 101 Å². The van der Waals surface area contributed by atoms with Crippen LogP contribution in [-0.4, -0.2) is 40.9 Å². The van der Waals surface area contributed by atoms with Crippen LogP contribution in [0.3, 0.4) is 0 Å². The van der Waals surface area contributed by atoms with E-state index in [1.165, 1.54) is 31.1 Å². The number of hydrogen-bond acceptors (Lipinski definition) is 4. The van der Waals surface area contributed by atoms with E-state index in [1.807, 2.05) is 0 Å². The fourth-order valence-corrected chi connectivity index (χ4v) is 1.99. The number of unbranched alkanes of at least 4 members (excludes halogenated alkanes) is 5. The molecule has 1 aliphatic rings. The quantitative estimate of drug-likeness (QED) is 0.385. The molecule has 0 spiro atoms. The van der Waals surface area contributed by atoms with Crippen molar-refractivity contribution in [1.29, 1.82) is 0 Å². The average Bonchev–Trinajstić information content (AvgIpc) is 2.78. The highest BCUT2D eigenvalue weighted by Gasteiger charge is 2.27. The van der Waals surface area contributed by atoms with E-state index < -0.39 is 5.97 Å². The Morgan fingerprint density at radius 1 is 1.09 bits per heavy atom. The van der Waals surface area contributed by atoms with E-state index in [0.29, 0.717) is 19.4 Å². The van der Waals surface area contributed by atoms with Crippen LogP contribution in [0.1, 0.15) is 58.3 Å². The Morgan fingerprint density at radius 3 is 1.91 bits per heavy atom. The molecule has 6 heteroatoms. The highest BCUT2D eigenvalue weighted by molar-refractivity contribution is 6.01. The lowest BCUT2D eigenvalue weighted by molar-refractivity contribution is -0.138. The molecule has 0 aromatic carbocycles. The van der Waals surface area contributed by atoms with Gasteiger partial charge in [-0.15, -0.1) is 0 Å². The number of imide groups is 1. The van der Waals surface area contributed by atoms with Crippen molar-refractivity contribution >= 4 is 17.8 Å². The third kappa shape index (κ3) is 9.28. The Kier molecular flexibility index (Phi) is 11.0. The molecule has 3 N–H and O–H groups in total. The molecule has 1 fully saturated rings. The molecule has 0 unspecified atom stereocenters. The summed E-state index contributed by atoms with van der Waals surface area (Å²) in [5, 5.41) is 7.89. The normalized spacial score (nSPS) is 13.8. The summed E-state index contributed by atoms with van der Waals surface area (Å²) >= 11 is 0. The molecule has 1 aliphatic heterocycles. The number of carboxylic acid groups (broad SMARTS) is 1. The zero-order chi connectivity index (χ0) is 17.0. The van der Waals surface area contributed by atoms with E-state index in [4.69, 9.17) is 10.8 Å². The molecule has 0 aromatic heterocycles. The lowest BCUT2D eigenvalue weighted by Crippen LogP contribution is -2.29. The van der Waals surface area contributed by atoms with Crippen LogP contribution in [0.4, 0.5) is 0 Å². The van der Waals surface area contributed by atoms with Gasteiger partial charge in [0.15, 0.2) is 0 Å². The van der Waals surface area contributed by atoms with Gasteiger partial charge in [0, 0.05) is 25.0 Å². The Bertz CT molecular complexity index is 366. The third-order valence-corrected chi connectivity index (χ3v) is 3.36. The van der Waals surface area contributed by atoms with Crippen LogP contribution in [-0.2, 0) is 14.4 Å². The summed E-state index contributed by atoms with van der Waals surface area (Å²) in [6, 6.07) is 0. The molecule has 1 saturated heterocycles. The lowest BCUT2D eigenvalue weighted by Gasteiger charge is -2.12. The van der Waals surface area contributed by atoms with E-state index in [0.717, 1.165) is 25.8 Å². The first-order chi connectivity index (χ1) is 10.4. The number of carboxylic acids is 1. The van der Waals surface area contributed by atoms with Gasteiger partial charge < -0.3 is 10.8 Å². The maximum Gasteiger partial charge on any atom is 0.330 e. The fraction of sp³-hybridized carbons (Fsp3) is 0.688. The van der Waals surface area contributed by atoms with E-state index in [9.17, 15) is 14.4 Å². The van der Waals surface area contributed by atoms with E-state index in [2.05, 4.69) is 6.58 Å². The predicted octanol–water partition coefficient (Wildman–Crippen LogP) is 2.08. The van der Waals surface area contributed by atoms with Crippen molar-refractivity contribution in [3.8, 4) is 0 Å². The van der Waals surface area contributed by atoms with Crippen LogP contribution in [0.5, 0.6) is 0 Å². The molecule has 126 valence electrons. The van der Waals surface area contributed by atoms with Crippen molar-refractivity contribution in [3.63, 3.8) is 0 Å². The van der Waals surface area contributed by atoms with Gasteiger partial charge in [-0.2, -0.15) is 0 Å². The summed E-state index contributed by atoms with van der Waals surface area (Å²) in [5.74, 6) is -0.920. The molecule has 0 bridgehead atoms. The number of nitrogens with two attached hydrogens (primary N) is 1. The highest BCUT2D eigenvalue weighted by atomic mass is 16.4. The number of carbonyl (C=O) groups excluding carboxylic acids is 2. The van der Waals surface area contributed by atoms with Crippen LogP contribution in [0.25, 0.3) is 0 Å². The standard InChI is InChI=1S/C12H22N2O2.C4H6O2/c13-9-5-3-1-2-4-6-10-14-11(15)7-8-12(14)16;1-3(2)4(5)6/h1-10,13H2;1H2,2H3,(H,5,6). The maximum atomic E-state index is 11.3.